The molecule has 36 heavy (non-hydrogen) atoms. The number of nitrogens with one attached hydrogen (secondary N) is 2. The third-order valence-electron chi connectivity index (χ3n) is 5.31. The summed E-state index contributed by atoms with van der Waals surface area (Å²) in [7, 11) is 3.09. The van der Waals surface area contributed by atoms with Gasteiger partial charge in [-0.2, -0.15) is 5.26 Å². The second kappa shape index (κ2) is 13.0. The van der Waals surface area contributed by atoms with E-state index in [0.29, 0.717) is 43.9 Å². The number of nitrogens with zero attached hydrogens (tertiary/aromatic N) is 1. The van der Waals surface area contributed by atoms with Gasteiger partial charge in [0.2, 0.25) is 5.91 Å². The number of carbonyl (C=O) groups excluding carboxylic acids is 2. The van der Waals surface area contributed by atoms with Gasteiger partial charge in [0.15, 0.2) is 0 Å². The summed E-state index contributed by atoms with van der Waals surface area (Å²) in [6.07, 6.45) is 0. The fourth-order valence-corrected chi connectivity index (χ4v) is 4.61. The zero-order valence-electron chi connectivity index (χ0n) is 20.1. The second-order valence-electron chi connectivity index (χ2n) is 7.70. The molecule has 2 N–H and O–H groups in total. The van der Waals surface area contributed by atoms with Crippen molar-refractivity contribution < 1.29 is 23.8 Å². The van der Waals surface area contributed by atoms with Crippen molar-refractivity contribution in [3.8, 4) is 11.8 Å². The van der Waals surface area contributed by atoms with Gasteiger partial charge in [0, 0.05) is 23.5 Å². The molecule has 0 fully saturated rings. The Kier molecular flexibility index (Phi) is 9.82. The Morgan fingerprint density at radius 2 is 1.81 bits per heavy atom. The highest BCUT2D eigenvalue weighted by Crippen LogP contribution is 2.41. The zero-order chi connectivity index (χ0) is 26.1. The summed E-state index contributed by atoms with van der Waals surface area (Å²) in [4.78, 5) is 25.6. The van der Waals surface area contributed by atoms with Crippen LogP contribution in [0.3, 0.4) is 0 Å². The number of halogens is 1. The van der Waals surface area contributed by atoms with Crippen LogP contribution in [-0.4, -0.2) is 45.1 Å². The molecule has 1 aliphatic rings. The van der Waals surface area contributed by atoms with E-state index in [1.165, 1.54) is 18.9 Å². The van der Waals surface area contributed by atoms with E-state index in [9.17, 15) is 14.9 Å². The Bertz CT molecular complexity index is 1200. The lowest BCUT2D eigenvalue weighted by Gasteiger charge is -2.29. The van der Waals surface area contributed by atoms with Crippen LogP contribution in [0.2, 0.25) is 5.02 Å². The summed E-state index contributed by atoms with van der Waals surface area (Å²) in [6.45, 7) is 2.07. The summed E-state index contributed by atoms with van der Waals surface area (Å²) in [5, 5.41) is 17.1. The minimum absolute atomic E-state index is 0.0494. The van der Waals surface area contributed by atoms with E-state index in [1.54, 1.807) is 62.6 Å². The molecule has 0 saturated heterocycles. The Balaban J connectivity index is 1.84. The lowest BCUT2D eigenvalue weighted by Crippen LogP contribution is -2.29. The third kappa shape index (κ3) is 6.82. The van der Waals surface area contributed by atoms with Crippen molar-refractivity contribution in [3.63, 3.8) is 0 Å². The van der Waals surface area contributed by atoms with Crippen LogP contribution in [0.15, 0.2) is 70.4 Å². The topological polar surface area (TPSA) is 110 Å². The van der Waals surface area contributed by atoms with E-state index >= 15 is 0 Å². The Morgan fingerprint density at radius 3 is 2.42 bits per heavy atom. The first-order valence-corrected chi connectivity index (χ1v) is 12.3. The van der Waals surface area contributed by atoms with Gasteiger partial charge in [-0.05, 0) is 48.9 Å². The van der Waals surface area contributed by atoms with E-state index in [1.807, 2.05) is 0 Å². The largest absolute Gasteiger partial charge is 0.497 e. The number of ether oxygens (including phenoxy) is 3. The number of carbonyl (C=O) groups is 2. The highest BCUT2D eigenvalue weighted by Gasteiger charge is 2.35. The molecule has 0 aromatic heterocycles. The van der Waals surface area contributed by atoms with Gasteiger partial charge >= 0.3 is 5.97 Å². The zero-order valence-corrected chi connectivity index (χ0v) is 21.7. The van der Waals surface area contributed by atoms with Crippen LogP contribution in [0.25, 0.3) is 0 Å². The first-order valence-electron chi connectivity index (χ1n) is 11.0. The van der Waals surface area contributed by atoms with Crippen molar-refractivity contribution in [2.75, 3.05) is 38.5 Å². The van der Waals surface area contributed by atoms with Crippen LogP contribution in [0.5, 0.6) is 5.75 Å². The van der Waals surface area contributed by atoms with Crippen LogP contribution in [-0.2, 0) is 19.1 Å². The van der Waals surface area contributed by atoms with Gasteiger partial charge in [0.05, 0.1) is 47.6 Å². The number of hydrogen-bond acceptors (Lipinski definition) is 8. The van der Waals surface area contributed by atoms with Gasteiger partial charge in [-0.1, -0.05) is 35.5 Å². The minimum Gasteiger partial charge on any atom is -0.497 e. The van der Waals surface area contributed by atoms with Crippen LogP contribution in [0.1, 0.15) is 18.4 Å². The summed E-state index contributed by atoms with van der Waals surface area (Å²) in [5.74, 6) is -0.744. The van der Waals surface area contributed by atoms with Crippen LogP contribution >= 0.6 is 23.4 Å². The van der Waals surface area contributed by atoms with Crippen molar-refractivity contribution >= 4 is 40.9 Å². The summed E-state index contributed by atoms with van der Waals surface area (Å²) < 4.78 is 15.5. The van der Waals surface area contributed by atoms with E-state index in [0.717, 1.165) is 0 Å². The summed E-state index contributed by atoms with van der Waals surface area (Å²) in [5.41, 5.74) is 2.50. The number of methoxy groups -OCH3 is 2. The van der Waals surface area contributed by atoms with Crippen molar-refractivity contribution in [3.05, 3.63) is 81.0 Å². The Labute approximate surface area is 219 Å². The van der Waals surface area contributed by atoms with Gasteiger partial charge in [-0.25, -0.2) is 4.79 Å². The standard InChI is InChI=1S/C26H26ClN3O5S/c1-16-23(26(32)35-13-12-33-2)24(17-4-6-18(27)7-5-17)21(14-28)25(29-16)36-15-22(31)30-19-8-10-20(34-3)11-9-19/h4-11,24,29H,12-13,15H2,1-3H3,(H,30,31)/t24-/m0/s1. The quantitative estimate of drug-likeness (QED) is 0.340. The first kappa shape index (κ1) is 27.1. The first-order chi connectivity index (χ1) is 17.4. The molecule has 3 rings (SSSR count). The number of rotatable bonds is 10. The van der Waals surface area contributed by atoms with Crippen LogP contribution < -0.4 is 15.4 Å². The van der Waals surface area contributed by atoms with Crippen LogP contribution in [0, 0.1) is 11.3 Å². The van der Waals surface area contributed by atoms with Crippen molar-refractivity contribution in [2.45, 2.75) is 12.8 Å². The maximum Gasteiger partial charge on any atom is 0.336 e. The van der Waals surface area contributed by atoms with Gasteiger partial charge in [0.25, 0.3) is 0 Å². The van der Waals surface area contributed by atoms with Gasteiger partial charge in [-0.15, -0.1) is 0 Å². The monoisotopic (exact) mass is 527 g/mol. The van der Waals surface area contributed by atoms with Gasteiger partial charge < -0.3 is 24.8 Å². The molecule has 1 amide bonds. The molecule has 10 heteroatoms. The smallest absolute Gasteiger partial charge is 0.336 e. The SMILES string of the molecule is COCCOC(=O)C1=C(C)NC(SCC(=O)Nc2ccc(OC)cc2)=C(C#N)[C@@H]1c1ccc(Cl)cc1. The molecule has 1 atom stereocenters. The average Bonchev–Trinajstić information content (AvgIpc) is 2.88. The fourth-order valence-electron chi connectivity index (χ4n) is 3.59. The number of hydrogen-bond donors (Lipinski definition) is 2. The molecule has 2 aromatic rings. The van der Waals surface area contributed by atoms with Gasteiger partial charge in [0.1, 0.15) is 12.4 Å². The number of allylic oxidation sites excluding steroid dienone is 2. The highest BCUT2D eigenvalue weighted by atomic mass is 35.5. The molecular weight excluding hydrogens is 502 g/mol. The van der Waals surface area contributed by atoms with Crippen molar-refractivity contribution in [1.29, 1.82) is 5.26 Å². The van der Waals surface area contributed by atoms with E-state index in [-0.39, 0.29) is 24.9 Å². The molecule has 1 heterocycles. The Hall–Kier alpha value is -3.45. The number of anilines is 1. The molecular formula is C26H26ClN3O5S. The van der Waals surface area contributed by atoms with Gasteiger partial charge in [-0.3, -0.25) is 4.79 Å². The number of nitriles is 1. The molecule has 0 unspecified atom stereocenters. The normalized spacial score (nSPS) is 15.1. The molecule has 0 saturated carbocycles. The minimum atomic E-state index is -0.685. The van der Waals surface area contributed by atoms with E-state index in [4.69, 9.17) is 25.8 Å². The molecule has 188 valence electrons. The fraction of sp³-hybridized carbons (Fsp3) is 0.269. The third-order valence-corrected chi connectivity index (χ3v) is 6.58. The molecule has 0 spiro atoms. The van der Waals surface area contributed by atoms with E-state index < -0.39 is 11.9 Å². The number of dihydropyridines is 1. The molecule has 2 aromatic carbocycles. The molecule has 0 aliphatic carbocycles. The number of benzene rings is 2. The average molecular weight is 528 g/mol. The number of amides is 1. The van der Waals surface area contributed by atoms with Crippen molar-refractivity contribution in [2.24, 2.45) is 0 Å². The predicted molar refractivity (Wildman–Crippen MR) is 140 cm³/mol. The lowest BCUT2D eigenvalue weighted by atomic mass is 9.82. The maximum atomic E-state index is 13.0. The molecule has 8 nitrogen and oxygen atoms in total. The molecule has 0 bridgehead atoms. The second-order valence-corrected chi connectivity index (χ2v) is 9.12. The predicted octanol–water partition coefficient (Wildman–Crippen LogP) is 4.61. The lowest BCUT2D eigenvalue weighted by molar-refractivity contribution is -0.140. The number of esters is 1. The molecule has 0 radical (unpaired) electrons. The highest BCUT2D eigenvalue weighted by molar-refractivity contribution is 8.03. The molecule has 1 aliphatic heterocycles. The van der Waals surface area contributed by atoms with Crippen molar-refractivity contribution in [1.82, 2.24) is 5.32 Å². The summed E-state index contributed by atoms with van der Waals surface area (Å²) in [6, 6.07) is 16.1. The Morgan fingerprint density at radius 1 is 1.11 bits per heavy atom. The number of thioether (sulfide) groups is 1. The maximum absolute atomic E-state index is 13.0. The summed E-state index contributed by atoms with van der Waals surface area (Å²) >= 11 is 7.25. The van der Waals surface area contributed by atoms with Crippen LogP contribution in [0.4, 0.5) is 5.69 Å². The van der Waals surface area contributed by atoms with E-state index in [2.05, 4.69) is 16.7 Å².